The topological polar surface area (TPSA) is 93.4 Å². The first kappa shape index (κ1) is 14.7. The van der Waals surface area contributed by atoms with E-state index in [0.717, 1.165) is 24.5 Å². The van der Waals surface area contributed by atoms with E-state index >= 15 is 0 Å². The molecule has 3 heterocycles. The summed E-state index contributed by atoms with van der Waals surface area (Å²) >= 11 is 0. The van der Waals surface area contributed by atoms with Crippen LogP contribution < -0.4 is 5.32 Å². The standard InChI is InChI=1S/C16H19N7O/c1-22-14(10-23-6-2-4-18-23)20-21-15(22)12-7-13(8-12)19-16(24)11-3-5-17-9-11/h2-6,9,12-13,17H,7-8,10H2,1H3,(H,19,24). The Morgan fingerprint density at radius 1 is 1.42 bits per heavy atom. The number of aromatic amines is 1. The van der Waals surface area contributed by atoms with Gasteiger partial charge in [-0.25, -0.2) is 0 Å². The zero-order valence-electron chi connectivity index (χ0n) is 13.4. The van der Waals surface area contributed by atoms with Gasteiger partial charge in [-0.05, 0) is 25.0 Å². The van der Waals surface area contributed by atoms with E-state index in [1.807, 2.05) is 28.6 Å². The molecule has 1 aliphatic rings. The van der Waals surface area contributed by atoms with Crippen LogP contribution in [-0.4, -0.2) is 41.5 Å². The fraction of sp³-hybridized carbons (Fsp3) is 0.375. The largest absolute Gasteiger partial charge is 0.367 e. The Balaban J connectivity index is 1.35. The maximum Gasteiger partial charge on any atom is 0.253 e. The van der Waals surface area contributed by atoms with Crippen molar-refractivity contribution in [2.24, 2.45) is 7.05 Å². The lowest BCUT2D eigenvalue weighted by Gasteiger charge is -2.34. The quantitative estimate of drug-likeness (QED) is 0.733. The number of H-pyrrole nitrogens is 1. The van der Waals surface area contributed by atoms with Crippen LogP contribution in [0, 0.1) is 0 Å². The van der Waals surface area contributed by atoms with E-state index in [1.54, 1.807) is 24.7 Å². The normalized spacial score (nSPS) is 19.9. The van der Waals surface area contributed by atoms with Crippen LogP contribution in [0.3, 0.4) is 0 Å². The smallest absolute Gasteiger partial charge is 0.253 e. The van der Waals surface area contributed by atoms with Gasteiger partial charge in [-0.1, -0.05) is 0 Å². The van der Waals surface area contributed by atoms with Crippen LogP contribution in [0.2, 0.25) is 0 Å². The third-order valence-corrected chi connectivity index (χ3v) is 4.56. The Morgan fingerprint density at radius 3 is 3.00 bits per heavy atom. The molecule has 24 heavy (non-hydrogen) atoms. The first-order chi connectivity index (χ1) is 11.7. The highest BCUT2D eigenvalue weighted by Gasteiger charge is 2.35. The average Bonchev–Trinajstić information content (AvgIpc) is 3.27. The van der Waals surface area contributed by atoms with Gasteiger partial charge >= 0.3 is 0 Å². The van der Waals surface area contributed by atoms with Crippen molar-refractivity contribution in [3.63, 3.8) is 0 Å². The highest BCUT2D eigenvalue weighted by atomic mass is 16.1. The second kappa shape index (κ2) is 5.95. The first-order valence-corrected chi connectivity index (χ1v) is 8.00. The number of carbonyl (C=O) groups is 1. The van der Waals surface area contributed by atoms with Gasteiger partial charge in [-0.2, -0.15) is 5.10 Å². The van der Waals surface area contributed by atoms with Crippen molar-refractivity contribution < 1.29 is 4.79 Å². The molecule has 2 N–H and O–H groups in total. The Morgan fingerprint density at radius 2 is 2.29 bits per heavy atom. The molecule has 0 aromatic carbocycles. The summed E-state index contributed by atoms with van der Waals surface area (Å²) in [5.41, 5.74) is 0.665. The van der Waals surface area contributed by atoms with E-state index in [1.165, 1.54) is 0 Å². The third-order valence-electron chi connectivity index (χ3n) is 4.56. The van der Waals surface area contributed by atoms with Crippen LogP contribution in [0.5, 0.6) is 0 Å². The summed E-state index contributed by atoms with van der Waals surface area (Å²) in [5.74, 6) is 2.17. The summed E-state index contributed by atoms with van der Waals surface area (Å²) in [4.78, 5) is 14.9. The molecule has 8 nitrogen and oxygen atoms in total. The third kappa shape index (κ3) is 2.70. The second-order valence-corrected chi connectivity index (χ2v) is 6.18. The van der Waals surface area contributed by atoms with Crippen molar-refractivity contribution in [2.45, 2.75) is 31.3 Å². The Labute approximate surface area is 138 Å². The molecule has 124 valence electrons. The number of aromatic nitrogens is 6. The number of nitrogens with zero attached hydrogens (tertiary/aromatic N) is 5. The number of amides is 1. The van der Waals surface area contributed by atoms with Crippen molar-refractivity contribution in [2.75, 3.05) is 0 Å². The summed E-state index contributed by atoms with van der Waals surface area (Å²) in [6.45, 7) is 0.608. The van der Waals surface area contributed by atoms with Crippen LogP contribution in [0.1, 0.15) is 40.8 Å². The molecule has 0 saturated heterocycles. The molecule has 1 fully saturated rings. The minimum atomic E-state index is -0.0305. The van der Waals surface area contributed by atoms with Gasteiger partial charge in [0.2, 0.25) is 0 Å². The minimum Gasteiger partial charge on any atom is -0.367 e. The molecule has 0 spiro atoms. The first-order valence-electron chi connectivity index (χ1n) is 8.00. The zero-order valence-corrected chi connectivity index (χ0v) is 13.4. The van der Waals surface area contributed by atoms with Gasteiger partial charge in [0.25, 0.3) is 5.91 Å². The van der Waals surface area contributed by atoms with E-state index < -0.39 is 0 Å². The van der Waals surface area contributed by atoms with Crippen molar-refractivity contribution in [3.8, 4) is 0 Å². The number of hydrogen-bond donors (Lipinski definition) is 2. The monoisotopic (exact) mass is 325 g/mol. The fourth-order valence-electron chi connectivity index (χ4n) is 3.09. The van der Waals surface area contributed by atoms with Gasteiger partial charge in [0.15, 0.2) is 5.82 Å². The van der Waals surface area contributed by atoms with E-state index in [-0.39, 0.29) is 11.9 Å². The van der Waals surface area contributed by atoms with Gasteiger partial charge < -0.3 is 14.9 Å². The number of hydrogen-bond acceptors (Lipinski definition) is 4. The molecule has 8 heteroatoms. The number of carbonyl (C=O) groups excluding carboxylic acids is 1. The molecule has 0 bridgehead atoms. The minimum absolute atomic E-state index is 0.0305. The molecule has 3 aromatic heterocycles. The molecular weight excluding hydrogens is 306 g/mol. The second-order valence-electron chi connectivity index (χ2n) is 6.18. The summed E-state index contributed by atoms with van der Waals surface area (Å²) in [6, 6.07) is 3.86. The Bertz CT molecular complexity index is 813. The predicted molar refractivity (Wildman–Crippen MR) is 86.4 cm³/mol. The Kier molecular flexibility index (Phi) is 3.64. The van der Waals surface area contributed by atoms with E-state index in [0.29, 0.717) is 18.0 Å². The van der Waals surface area contributed by atoms with Crippen LogP contribution in [0.15, 0.2) is 36.9 Å². The van der Waals surface area contributed by atoms with Crippen LogP contribution in [0.25, 0.3) is 0 Å². The molecule has 0 atom stereocenters. The molecular formula is C16H19N7O. The Hall–Kier alpha value is -2.90. The van der Waals surface area contributed by atoms with Crippen molar-refractivity contribution in [1.29, 1.82) is 0 Å². The fourth-order valence-corrected chi connectivity index (χ4v) is 3.09. The average molecular weight is 325 g/mol. The van der Waals surface area contributed by atoms with Gasteiger partial charge in [-0.3, -0.25) is 9.48 Å². The highest BCUT2D eigenvalue weighted by Crippen LogP contribution is 2.36. The van der Waals surface area contributed by atoms with Gasteiger partial charge in [0.1, 0.15) is 12.4 Å². The maximum absolute atomic E-state index is 12.0. The molecule has 3 aromatic rings. The van der Waals surface area contributed by atoms with Crippen molar-refractivity contribution in [3.05, 3.63) is 54.1 Å². The highest BCUT2D eigenvalue weighted by molar-refractivity contribution is 5.94. The molecule has 1 amide bonds. The van der Waals surface area contributed by atoms with Crippen LogP contribution >= 0.6 is 0 Å². The summed E-state index contributed by atoms with van der Waals surface area (Å²) in [6.07, 6.45) is 8.90. The lowest BCUT2D eigenvalue weighted by molar-refractivity contribution is 0.0907. The maximum atomic E-state index is 12.0. The SMILES string of the molecule is Cn1c(Cn2cccn2)nnc1C1CC(NC(=O)c2cc[nH]c2)C1. The number of rotatable bonds is 5. The lowest BCUT2D eigenvalue weighted by atomic mass is 9.79. The molecule has 4 rings (SSSR count). The van der Waals surface area contributed by atoms with Gasteiger partial charge in [0, 0.05) is 43.8 Å². The summed E-state index contributed by atoms with van der Waals surface area (Å²) in [7, 11) is 1.99. The van der Waals surface area contributed by atoms with Crippen molar-refractivity contribution >= 4 is 5.91 Å². The van der Waals surface area contributed by atoms with Gasteiger partial charge in [0.05, 0.1) is 5.56 Å². The van der Waals surface area contributed by atoms with E-state index in [9.17, 15) is 4.79 Å². The van der Waals surface area contributed by atoms with Crippen LogP contribution in [-0.2, 0) is 13.6 Å². The molecule has 1 aliphatic carbocycles. The molecule has 0 unspecified atom stereocenters. The van der Waals surface area contributed by atoms with E-state index in [2.05, 4.69) is 25.6 Å². The van der Waals surface area contributed by atoms with E-state index in [4.69, 9.17) is 0 Å². The lowest BCUT2D eigenvalue weighted by Crippen LogP contribution is -2.43. The zero-order chi connectivity index (χ0) is 16.5. The summed E-state index contributed by atoms with van der Waals surface area (Å²) < 4.78 is 3.87. The molecule has 0 radical (unpaired) electrons. The van der Waals surface area contributed by atoms with Crippen LogP contribution in [0.4, 0.5) is 0 Å². The molecule has 0 aliphatic heterocycles. The molecule has 1 saturated carbocycles. The predicted octanol–water partition coefficient (Wildman–Crippen LogP) is 1.06. The summed E-state index contributed by atoms with van der Waals surface area (Å²) in [5, 5.41) is 15.9. The van der Waals surface area contributed by atoms with Gasteiger partial charge in [-0.15, -0.1) is 10.2 Å². The van der Waals surface area contributed by atoms with Crippen molar-refractivity contribution in [1.82, 2.24) is 34.8 Å². The number of nitrogens with one attached hydrogen (secondary N) is 2.